The second-order valence-electron chi connectivity index (χ2n) is 6.26. The molecular weight excluding hydrogens is 340 g/mol. The number of piperazine rings is 1. The third-order valence-corrected chi connectivity index (χ3v) is 6.12. The molecule has 5 nitrogen and oxygen atoms in total. The highest BCUT2D eigenvalue weighted by atomic mass is 32.1. The zero-order chi connectivity index (χ0) is 16.4. The van der Waals surface area contributed by atoms with E-state index in [1.165, 1.54) is 11.1 Å². The molecule has 4 rings (SSSR count). The van der Waals surface area contributed by atoms with Crippen LogP contribution in [0.2, 0.25) is 0 Å². The van der Waals surface area contributed by atoms with E-state index < -0.39 is 0 Å². The van der Waals surface area contributed by atoms with Gasteiger partial charge in [0.25, 0.3) is 0 Å². The fourth-order valence-electron chi connectivity index (χ4n) is 3.21. The number of nitrogens with one attached hydrogen (secondary N) is 1. The second-order valence-corrected chi connectivity index (χ2v) is 7.66. The summed E-state index contributed by atoms with van der Waals surface area (Å²) in [5.74, 6) is 0. The third-order valence-electron chi connectivity index (χ3n) is 4.62. The van der Waals surface area contributed by atoms with Gasteiger partial charge in [-0.25, -0.2) is 4.98 Å². The zero-order valence-electron chi connectivity index (χ0n) is 13.6. The van der Waals surface area contributed by atoms with Crippen LogP contribution in [0, 0.1) is 0 Å². The van der Waals surface area contributed by atoms with Gasteiger partial charge in [-0.05, 0) is 37.2 Å². The highest BCUT2D eigenvalue weighted by Crippen LogP contribution is 2.29. The van der Waals surface area contributed by atoms with Gasteiger partial charge >= 0.3 is 0 Å². The lowest BCUT2D eigenvalue weighted by Crippen LogP contribution is -2.52. The lowest BCUT2D eigenvalue weighted by Gasteiger charge is -2.36. The molecule has 0 unspecified atom stereocenters. The van der Waals surface area contributed by atoms with E-state index in [0.29, 0.717) is 6.10 Å². The lowest BCUT2D eigenvalue weighted by molar-refractivity contribution is 0.113. The smallest absolute Gasteiger partial charge is 0.186 e. The van der Waals surface area contributed by atoms with Crippen molar-refractivity contribution in [2.24, 2.45) is 0 Å². The van der Waals surface area contributed by atoms with Gasteiger partial charge in [-0.1, -0.05) is 23.5 Å². The van der Waals surface area contributed by atoms with Gasteiger partial charge in [0.1, 0.15) is 0 Å². The molecule has 0 aliphatic carbocycles. The Labute approximate surface area is 151 Å². The Kier molecular flexibility index (Phi) is 4.82. The molecule has 24 heavy (non-hydrogen) atoms. The fraction of sp³-hybridized carbons (Fsp3) is 0.529. The van der Waals surface area contributed by atoms with Crippen molar-refractivity contribution in [2.45, 2.75) is 18.9 Å². The Morgan fingerprint density at radius 2 is 2.12 bits per heavy atom. The Bertz CT molecular complexity index is 672. The standard InChI is InChI=1S/C17H22N4OS2/c23-16(18-12-13-4-3-11-22-13)20-7-9-21(10-8-20)17-19-14-5-1-2-6-15(14)24-17/h1-2,5-6,13H,3-4,7-12H2,(H,18,23)/t13-/m1/s1. The number of ether oxygens (including phenoxy) is 1. The van der Waals surface area contributed by atoms with Crippen LogP contribution < -0.4 is 10.2 Å². The SMILES string of the molecule is S=C(NC[C@H]1CCCO1)N1CCN(c2nc3ccccc3s2)CC1. The minimum atomic E-state index is 0.326. The Morgan fingerprint density at radius 1 is 1.29 bits per heavy atom. The van der Waals surface area contributed by atoms with Crippen LogP contribution in [-0.2, 0) is 4.74 Å². The number of thiazole rings is 1. The molecule has 2 saturated heterocycles. The summed E-state index contributed by atoms with van der Waals surface area (Å²) < 4.78 is 6.89. The van der Waals surface area contributed by atoms with Crippen molar-refractivity contribution in [1.29, 1.82) is 0 Å². The van der Waals surface area contributed by atoms with E-state index in [0.717, 1.165) is 61.5 Å². The van der Waals surface area contributed by atoms with Crippen LogP contribution in [-0.4, -0.2) is 60.4 Å². The predicted molar refractivity (Wildman–Crippen MR) is 103 cm³/mol. The molecule has 128 valence electrons. The molecule has 0 bridgehead atoms. The number of benzene rings is 1. The number of thiocarbonyl (C=S) groups is 1. The largest absolute Gasteiger partial charge is 0.376 e. The molecule has 3 heterocycles. The van der Waals surface area contributed by atoms with Gasteiger partial charge in [0.15, 0.2) is 10.2 Å². The van der Waals surface area contributed by atoms with Crippen LogP contribution in [0.5, 0.6) is 0 Å². The summed E-state index contributed by atoms with van der Waals surface area (Å²) >= 11 is 7.32. The molecule has 1 atom stereocenters. The van der Waals surface area contributed by atoms with Crippen molar-refractivity contribution in [1.82, 2.24) is 15.2 Å². The number of fused-ring (bicyclic) bond motifs is 1. The minimum Gasteiger partial charge on any atom is -0.376 e. The monoisotopic (exact) mass is 362 g/mol. The van der Waals surface area contributed by atoms with E-state index in [2.05, 4.69) is 33.3 Å². The Morgan fingerprint density at radius 3 is 2.88 bits per heavy atom. The molecule has 1 N–H and O–H groups in total. The lowest BCUT2D eigenvalue weighted by atomic mass is 10.2. The van der Waals surface area contributed by atoms with Crippen molar-refractivity contribution in [3.63, 3.8) is 0 Å². The average Bonchev–Trinajstić information content (AvgIpc) is 3.29. The molecule has 0 radical (unpaired) electrons. The van der Waals surface area contributed by atoms with E-state index >= 15 is 0 Å². The first kappa shape index (κ1) is 16.1. The van der Waals surface area contributed by atoms with Crippen LogP contribution >= 0.6 is 23.6 Å². The van der Waals surface area contributed by atoms with Crippen molar-refractivity contribution >= 4 is 44.0 Å². The molecular formula is C17H22N4OS2. The molecule has 7 heteroatoms. The van der Waals surface area contributed by atoms with Gasteiger partial charge < -0.3 is 19.9 Å². The molecule has 2 fully saturated rings. The summed E-state index contributed by atoms with van der Waals surface area (Å²) in [7, 11) is 0. The van der Waals surface area contributed by atoms with Crippen LogP contribution in [0.15, 0.2) is 24.3 Å². The minimum absolute atomic E-state index is 0.326. The second kappa shape index (κ2) is 7.21. The first-order chi connectivity index (χ1) is 11.8. The number of rotatable bonds is 3. The van der Waals surface area contributed by atoms with Gasteiger partial charge in [0.05, 0.1) is 16.3 Å². The average molecular weight is 363 g/mol. The van der Waals surface area contributed by atoms with E-state index in [-0.39, 0.29) is 0 Å². The van der Waals surface area contributed by atoms with Crippen LogP contribution in [0.1, 0.15) is 12.8 Å². The van der Waals surface area contributed by atoms with E-state index in [9.17, 15) is 0 Å². The van der Waals surface area contributed by atoms with Crippen molar-refractivity contribution in [3.8, 4) is 0 Å². The van der Waals surface area contributed by atoms with Crippen LogP contribution in [0.25, 0.3) is 10.2 Å². The maximum atomic E-state index is 5.64. The summed E-state index contributed by atoms with van der Waals surface area (Å²) in [6, 6.07) is 8.33. The molecule has 2 aliphatic rings. The molecule has 1 aromatic heterocycles. The van der Waals surface area contributed by atoms with Gasteiger partial charge in [-0.2, -0.15) is 0 Å². The van der Waals surface area contributed by atoms with Gasteiger partial charge in [0, 0.05) is 39.3 Å². The summed E-state index contributed by atoms with van der Waals surface area (Å²) in [4.78, 5) is 9.38. The first-order valence-electron chi connectivity index (χ1n) is 8.54. The summed E-state index contributed by atoms with van der Waals surface area (Å²) in [5.41, 5.74) is 1.09. The normalized spacial score (nSPS) is 21.4. The zero-order valence-corrected chi connectivity index (χ0v) is 15.2. The number of hydrogen-bond acceptors (Lipinski definition) is 5. The van der Waals surface area contributed by atoms with Gasteiger partial charge in [0.2, 0.25) is 0 Å². The maximum Gasteiger partial charge on any atom is 0.186 e. The fourth-order valence-corrected chi connectivity index (χ4v) is 4.50. The molecule has 0 saturated carbocycles. The van der Waals surface area contributed by atoms with Crippen molar-refractivity contribution in [3.05, 3.63) is 24.3 Å². The highest BCUT2D eigenvalue weighted by Gasteiger charge is 2.22. The topological polar surface area (TPSA) is 40.6 Å². The summed E-state index contributed by atoms with van der Waals surface area (Å²) in [6.07, 6.45) is 2.63. The predicted octanol–water partition coefficient (Wildman–Crippen LogP) is 2.47. The van der Waals surface area contributed by atoms with Crippen LogP contribution in [0.4, 0.5) is 5.13 Å². The van der Waals surface area contributed by atoms with E-state index in [1.807, 2.05) is 6.07 Å². The van der Waals surface area contributed by atoms with E-state index in [1.54, 1.807) is 11.3 Å². The Hall–Kier alpha value is -1.44. The number of hydrogen-bond donors (Lipinski definition) is 1. The quantitative estimate of drug-likeness (QED) is 0.846. The van der Waals surface area contributed by atoms with Crippen LogP contribution in [0.3, 0.4) is 0 Å². The molecule has 0 spiro atoms. The molecule has 2 aliphatic heterocycles. The Balaban J connectivity index is 1.30. The molecule has 2 aromatic rings. The maximum absolute atomic E-state index is 5.64. The highest BCUT2D eigenvalue weighted by molar-refractivity contribution is 7.80. The van der Waals surface area contributed by atoms with Gasteiger partial charge in [-0.3, -0.25) is 0 Å². The van der Waals surface area contributed by atoms with Crippen molar-refractivity contribution < 1.29 is 4.74 Å². The van der Waals surface area contributed by atoms with E-state index in [4.69, 9.17) is 21.9 Å². The summed E-state index contributed by atoms with van der Waals surface area (Å²) in [5, 5.41) is 5.35. The molecule has 1 aromatic carbocycles. The van der Waals surface area contributed by atoms with Gasteiger partial charge in [-0.15, -0.1) is 0 Å². The van der Waals surface area contributed by atoms with Crippen molar-refractivity contribution in [2.75, 3.05) is 44.2 Å². The number of para-hydroxylation sites is 1. The molecule has 0 amide bonds. The number of anilines is 1. The summed E-state index contributed by atoms with van der Waals surface area (Å²) in [6.45, 7) is 5.51. The third kappa shape index (κ3) is 3.48. The first-order valence-corrected chi connectivity index (χ1v) is 9.77. The number of aromatic nitrogens is 1. The number of nitrogens with zero attached hydrogens (tertiary/aromatic N) is 3.